The number of ether oxygens (including phenoxy) is 1. The van der Waals surface area contributed by atoms with Gasteiger partial charge in [0.05, 0.1) is 17.5 Å². The molecule has 1 aromatic heterocycles. The molecule has 0 saturated carbocycles. The van der Waals surface area contributed by atoms with Gasteiger partial charge in [-0.05, 0) is 19.1 Å². The molecule has 1 heterocycles. The van der Waals surface area contributed by atoms with Crippen LogP contribution in [-0.4, -0.2) is 9.97 Å². The molecule has 6 heteroatoms. The lowest BCUT2D eigenvalue weighted by atomic mass is 10.2. The number of aryl methyl sites for hydroxylation is 1. The Kier molecular flexibility index (Phi) is 3.27. The van der Waals surface area contributed by atoms with Crippen LogP contribution < -0.4 is 4.74 Å². The van der Waals surface area contributed by atoms with Crippen LogP contribution in [0.1, 0.15) is 17.1 Å². The molecule has 1 aromatic carbocycles. The molecule has 0 unspecified atom stereocenters. The summed E-state index contributed by atoms with van der Waals surface area (Å²) in [5.41, 5.74) is -0.147. The van der Waals surface area contributed by atoms with E-state index in [4.69, 9.17) is 4.74 Å². The molecule has 0 aliphatic rings. The van der Waals surface area contributed by atoms with Crippen molar-refractivity contribution in [1.82, 2.24) is 9.97 Å². The number of imidazole rings is 1. The average Bonchev–Trinajstić information content (AvgIpc) is 2.72. The third kappa shape index (κ3) is 2.82. The molecular formula is C12H11F3N2O. The molecule has 3 nitrogen and oxygen atoms in total. The fourth-order valence-corrected chi connectivity index (χ4v) is 1.53. The molecule has 0 fully saturated rings. The van der Waals surface area contributed by atoms with Crippen LogP contribution in [0, 0.1) is 6.92 Å². The van der Waals surface area contributed by atoms with Crippen LogP contribution in [0.25, 0.3) is 0 Å². The van der Waals surface area contributed by atoms with Crippen molar-refractivity contribution in [2.75, 3.05) is 0 Å². The van der Waals surface area contributed by atoms with E-state index in [-0.39, 0.29) is 12.4 Å². The van der Waals surface area contributed by atoms with Crippen molar-refractivity contribution in [2.24, 2.45) is 0 Å². The monoisotopic (exact) mass is 256 g/mol. The fraction of sp³-hybridized carbons (Fsp3) is 0.250. The van der Waals surface area contributed by atoms with E-state index in [9.17, 15) is 13.2 Å². The second-order valence-electron chi connectivity index (χ2n) is 3.78. The summed E-state index contributed by atoms with van der Waals surface area (Å²) >= 11 is 0. The average molecular weight is 256 g/mol. The Morgan fingerprint density at radius 3 is 2.61 bits per heavy atom. The zero-order valence-electron chi connectivity index (χ0n) is 9.58. The lowest BCUT2D eigenvalue weighted by molar-refractivity contribution is -0.139. The number of hydrogen-bond donors (Lipinski definition) is 1. The van der Waals surface area contributed by atoms with Gasteiger partial charge >= 0.3 is 6.18 Å². The molecule has 0 aliphatic carbocycles. The molecule has 2 aromatic rings. The van der Waals surface area contributed by atoms with E-state index in [1.165, 1.54) is 24.4 Å². The van der Waals surface area contributed by atoms with E-state index in [0.717, 1.165) is 6.07 Å². The Hall–Kier alpha value is -1.98. The van der Waals surface area contributed by atoms with Gasteiger partial charge in [-0.1, -0.05) is 12.1 Å². The van der Waals surface area contributed by atoms with Gasteiger partial charge in [0.1, 0.15) is 18.2 Å². The highest BCUT2D eigenvalue weighted by Crippen LogP contribution is 2.36. The molecule has 1 N–H and O–H groups in total. The van der Waals surface area contributed by atoms with Gasteiger partial charge in [0.15, 0.2) is 0 Å². The highest BCUT2D eigenvalue weighted by molar-refractivity contribution is 5.35. The summed E-state index contributed by atoms with van der Waals surface area (Å²) in [6, 6.07) is 5.12. The number of nitrogens with zero attached hydrogens (tertiary/aromatic N) is 1. The van der Waals surface area contributed by atoms with Crippen LogP contribution >= 0.6 is 0 Å². The predicted octanol–water partition coefficient (Wildman–Crippen LogP) is 3.32. The number of aromatic nitrogens is 2. The number of halogens is 3. The van der Waals surface area contributed by atoms with Gasteiger partial charge in [-0.3, -0.25) is 0 Å². The van der Waals surface area contributed by atoms with E-state index >= 15 is 0 Å². The minimum absolute atomic E-state index is 0.0218. The topological polar surface area (TPSA) is 37.9 Å². The molecule has 2 rings (SSSR count). The second-order valence-corrected chi connectivity index (χ2v) is 3.78. The van der Waals surface area contributed by atoms with Crippen molar-refractivity contribution in [3.05, 3.63) is 47.5 Å². The Bertz CT molecular complexity index is 534. The zero-order chi connectivity index (χ0) is 13.2. The number of rotatable bonds is 3. The molecule has 96 valence electrons. The largest absolute Gasteiger partial charge is 0.487 e. The molecule has 0 spiro atoms. The number of aromatic amines is 1. The molecule has 0 saturated heterocycles. The number of H-pyrrole nitrogens is 1. The van der Waals surface area contributed by atoms with Gasteiger partial charge in [-0.15, -0.1) is 0 Å². The van der Waals surface area contributed by atoms with Crippen LogP contribution in [0.15, 0.2) is 30.5 Å². The van der Waals surface area contributed by atoms with E-state index in [1.807, 2.05) is 0 Å². The van der Waals surface area contributed by atoms with Gasteiger partial charge in [-0.25, -0.2) is 4.98 Å². The Morgan fingerprint density at radius 1 is 1.28 bits per heavy atom. The Labute approximate surface area is 102 Å². The maximum absolute atomic E-state index is 12.7. The van der Waals surface area contributed by atoms with E-state index in [0.29, 0.717) is 11.5 Å². The van der Waals surface area contributed by atoms with Crippen LogP contribution in [0.4, 0.5) is 13.2 Å². The van der Waals surface area contributed by atoms with Crippen LogP contribution in [0.2, 0.25) is 0 Å². The maximum atomic E-state index is 12.7. The molecule has 0 aliphatic heterocycles. The van der Waals surface area contributed by atoms with Crippen molar-refractivity contribution >= 4 is 0 Å². The first kappa shape index (κ1) is 12.5. The van der Waals surface area contributed by atoms with Crippen molar-refractivity contribution in [3.63, 3.8) is 0 Å². The molecule has 0 bridgehead atoms. The highest BCUT2D eigenvalue weighted by atomic mass is 19.4. The summed E-state index contributed by atoms with van der Waals surface area (Å²) in [7, 11) is 0. The van der Waals surface area contributed by atoms with Gasteiger partial charge in [0.2, 0.25) is 0 Å². The molecule has 0 radical (unpaired) electrons. The normalized spacial score (nSPS) is 11.6. The second kappa shape index (κ2) is 4.72. The van der Waals surface area contributed by atoms with E-state index < -0.39 is 11.7 Å². The van der Waals surface area contributed by atoms with Crippen LogP contribution in [-0.2, 0) is 12.8 Å². The van der Waals surface area contributed by atoms with Gasteiger partial charge in [-0.2, -0.15) is 13.2 Å². The standard InChI is InChI=1S/C12H11F3N2O/c1-8-16-6-9(17-8)7-18-11-5-3-2-4-10(11)12(13,14)15/h2-6H,7H2,1H3,(H,16,17). The summed E-state index contributed by atoms with van der Waals surface area (Å²) in [5.74, 6) is 0.509. The summed E-state index contributed by atoms with van der Waals surface area (Å²) in [6.45, 7) is 1.78. The first-order chi connectivity index (χ1) is 8.47. The Balaban J connectivity index is 2.14. The van der Waals surface area contributed by atoms with Crippen molar-refractivity contribution in [2.45, 2.75) is 19.7 Å². The zero-order valence-corrected chi connectivity index (χ0v) is 9.58. The van der Waals surface area contributed by atoms with Crippen LogP contribution in [0.3, 0.4) is 0 Å². The SMILES string of the molecule is Cc1ncc(COc2ccccc2C(F)(F)F)[nH]1. The van der Waals surface area contributed by atoms with Crippen LogP contribution in [0.5, 0.6) is 5.75 Å². The number of benzene rings is 1. The number of hydrogen-bond acceptors (Lipinski definition) is 2. The lowest BCUT2D eigenvalue weighted by Gasteiger charge is -2.12. The van der Waals surface area contributed by atoms with Gasteiger partial charge in [0.25, 0.3) is 0 Å². The number of para-hydroxylation sites is 1. The number of nitrogens with one attached hydrogen (secondary N) is 1. The maximum Gasteiger partial charge on any atom is 0.419 e. The Morgan fingerprint density at radius 2 is 2.00 bits per heavy atom. The predicted molar refractivity (Wildman–Crippen MR) is 59.1 cm³/mol. The van der Waals surface area contributed by atoms with Gasteiger partial charge < -0.3 is 9.72 Å². The molecular weight excluding hydrogens is 245 g/mol. The van der Waals surface area contributed by atoms with Gasteiger partial charge in [0, 0.05) is 0 Å². The minimum atomic E-state index is -4.42. The minimum Gasteiger partial charge on any atom is -0.487 e. The molecule has 0 atom stereocenters. The van der Waals surface area contributed by atoms with Crippen molar-refractivity contribution in [1.29, 1.82) is 0 Å². The quantitative estimate of drug-likeness (QED) is 0.914. The molecule has 18 heavy (non-hydrogen) atoms. The third-order valence-corrected chi connectivity index (χ3v) is 2.33. The van der Waals surface area contributed by atoms with E-state index in [2.05, 4.69) is 9.97 Å². The number of alkyl halides is 3. The molecule has 0 amide bonds. The summed E-state index contributed by atoms with van der Waals surface area (Å²) in [5, 5.41) is 0. The fourth-order valence-electron chi connectivity index (χ4n) is 1.53. The highest BCUT2D eigenvalue weighted by Gasteiger charge is 2.33. The lowest BCUT2D eigenvalue weighted by Crippen LogP contribution is -2.08. The summed E-state index contributed by atoms with van der Waals surface area (Å²) in [6.07, 6.45) is -2.88. The van der Waals surface area contributed by atoms with Crippen molar-refractivity contribution < 1.29 is 17.9 Å². The first-order valence-corrected chi connectivity index (χ1v) is 5.26. The summed E-state index contributed by atoms with van der Waals surface area (Å²) < 4.78 is 43.2. The third-order valence-electron chi connectivity index (χ3n) is 2.33. The smallest absolute Gasteiger partial charge is 0.419 e. The van der Waals surface area contributed by atoms with E-state index in [1.54, 1.807) is 6.92 Å². The summed E-state index contributed by atoms with van der Waals surface area (Å²) in [4.78, 5) is 6.83. The van der Waals surface area contributed by atoms with Crippen molar-refractivity contribution in [3.8, 4) is 5.75 Å². The first-order valence-electron chi connectivity index (χ1n) is 5.26.